The highest BCUT2D eigenvalue weighted by molar-refractivity contribution is 5.03. The van der Waals surface area contributed by atoms with E-state index >= 15 is 0 Å². The SMILES string of the molecule is CC(C)NCC(O)CN(C)CCc1ccccn1. The van der Waals surface area contributed by atoms with Crippen molar-refractivity contribution < 1.29 is 5.11 Å². The van der Waals surface area contributed by atoms with Crippen LogP contribution in [0.15, 0.2) is 24.4 Å². The Labute approximate surface area is 110 Å². The number of rotatable bonds is 8. The van der Waals surface area contributed by atoms with Crippen LogP contribution in [-0.2, 0) is 6.42 Å². The molecular weight excluding hydrogens is 226 g/mol. The van der Waals surface area contributed by atoms with E-state index in [1.165, 1.54) is 0 Å². The van der Waals surface area contributed by atoms with E-state index in [1.54, 1.807) is 0 Å². The van der Waals surface area contributed by atoms with E-state index in [2.05, 4.69) is 29.0 Å². The van der Waals surface area contributed by atoms with Crippen molar-refractivity contribution in [3.63, 3.8) is 0 Å². The van der Waals surface area contributed by atoms with Gasteiger partial charge in [0, 0.05) is 44.0 Å². The number of hydrogen-bond donors (Lipinski definition) is 2. The van der Waals surface area contributed by atoms with E-state index < -0.39 is 0 Å². The third-order valence-corrected chi connectivity index (χ3v) is 2.76. The Morgan fingerprint density at radius 2 is 2.17 bits per heavy atom. The van der Waals surface area contributed by atoms with E-state index in [-0.39, 0.29) is 6.10 Å². The Morgan fingerprint density at radius 1 is 1.39 bits per heavy atom. The summed E-state index contributed by atoms with van der Waals surface area (Å²) in [6.45, 7) is 6.41. The van der Waals surface area contributed by atoms with E-state index in [0.717, 1.165) is 18.7 Å². The second-order valence-corrected chi connectivity index (χ2v) is 5.05. The minimum absolute atomic E-state index is 0.318. The average molecular weight is 251 g/mol. The number of hydrogen-bond acceptors (Lipinski definition) is 4. The molecule has 0 saturated heterocycles. The Balaban J connectivity index is 2.19. The van der Waals surface area contributed by atoms with Gasteiger partial charge in [-0.3, -0.25) is 4.98 Å². The van der Waals surface area contributed by atoms with Gasteiger partial charge in [0.15, 0.2) is 0 Å². The fraction of sp³-hybridized carbons (Fsp3) is 0.643. The van der Waals surface area contributed by atoms with Crippen molar-refractivity contribution in [2.24, 2.45) is 0 Å². The van der Waals surface area contributed by atoms with Crippen LogP contribution in [0.2, 0.25) is 0 Å². The zero-order valence-corrected chi connectivity index (χ0v) is 11.6. The topological polar surface area (TPSA) is 48.4 Å². The fourth-order valence-corrected chi connectivity index (χ4v) is 1.74. The van der Waals surface area contributed by atoms with E-state index in [1.807, 2.05) is 31.4 Å². The molecule has 0 fully saturated rings. The van der Waals surface area contributed by atoms with Gasteiger partial charge in [0.2, 0.25) is 0 Å². The molecule has 0 bridgehead atoms. The number of aliphatic hydroxyl groups excluding tert-OH is 1. The van der Waals surface area contributed by atoms with Gasteiger partial charge in [-0.25, -0.2) is 0 Å². The first kappa shape index (κ1) is 15.1. The number of nitrogens with zero attached hydrogens (tertiary/aromatic N) is 2. The Morgan fingerprint density at radius 3 is 2.78 bits per heavy atom. The molecular formula is C14H25N3O. The quantitative estimate of drug-likeness (QED) is 0.721. The summed E-state index contributed by atoms with van der Waals surface area (Å²) in [7, 11) is 2.03. The summed E-state index contributed by atoms with van der Waals surface area (Å²) in [6, 6.07) is 6.38. The van der Waals surface area contributed by atoms with Crippen molar-refractivity contribution in [1.29, 1.82) is 0 Å². The number of likely N-dealkylation sites (N-methyl/N-ethyl adjacent to an activating group) is 1. The molecule has 0 aromatic carbocycles. The highest BCUT2D eigenvalue weighted by Gasteiger charge is 2.08. The molecule has 0 amide bonds. The third kappa shape index (κ3) is 6.69. The first-order valence-electron chi connectivity index (χ1n) is 6.58. The molecule has 0 aliphatic heterocycles. The van der Waals surface area contributed by atoms with Gasteiger partial charge in [0.25, 0.3) is 0 Å². The second-order valence-electron chi connectivity index (χ2n) is 5.05. The van der Waals surface area contributed by atoms with E-state index in [9.17, 15) is 5.11 Å². The largest absolute Gasteiger partial charge is 0.390 e. The van der Waals surface area contributed by atoms with Crippen LogP contribution in [0, 0.1) is 0 Å². The molecule has 0 aliphatic rings. The normalized spacial score (nSPS) is 13.2. The van der Waals surface area contributed by atoms with Crippen molar-refractivity contribution in [3.8, 4) is 0 Å². The summed E-state index contributed by atoms with van der Waals surface area (Å²) in [5.41, 5.74) is 1.10. The molecule has 1 atom stereocenters. The maximum absolute atomic E-state index is 9.85. The lowest BCUT2D eigenvalue weighted by Gasteiger charge is -2.21. The van der Waals surface area contributed by atoms with Gasteiger partial charge in [-0.15, -0.1) is 0 Å². The van der Waals surface area contributed by atoms with Gasteiger partial charge in [0.05, 0.1) is 6.10 Å². The first-order chi connectivity index (χ1) is 8.58. The number of pyridine rings is 1. The number of aromatic nitrogens is 1. The summed E-state index contributed by atoms with van der Waals surface area (Å²) in [4.78, 5) is 6.43. The lowest BCUT2D eigenvalue weighted by atomic mass is 10.2. The Bertz CT molecular complexity index is 316. The zero-order valence-electron chi connectivity index (χ0n) is 11.6. The van der Waals surface area contributed by atoms with Gasteiger partial charge in [0.1, 0.15) is 0 Å². The molecule has 0 radical (unpaired) electrons. The third-order valence-electron chi connectivity index (χ3n) is 2.76. The molecule has 0 aliphatic carbocycles. The summed E-state index contributed by atoms with van der Waals surface area (Å²) >= 11 is 0. The van der Waals surface area contributed by atoms with Crippen molar-refractivity contribution in [2.45, 2.75) is 32.4 Å². The first-order valence-corrected chi connectivity index (χ1v) is 6.58. The van der Waals surface area contributed by atoms with Crippen LogP contribution in [0.1, 0.15) is 19.5 Å². The predicted octanol–water partition coefficient (Wildman–Crippen LogP) is 0.915. The molecule has 1 unspecified atom stereocenters. The molecule has 1 aromatic heterocycles. The summed E-state index contributed by atoms with van der Waals surface area (Å²) < 4.78 is 0. The summed E-state index contributed by atoms with van der Waals surface area (Å²) in [6.07, 6.45) is 2.42. The van der Waals surface area contributed by atoms with Crippen LogP contribution in [0.5, 0.6) is 0 Å². The monoisotopic (exact) mass is 251 g/mol. The molecule has 102 valence electrons. The minimum atomic E-state index is -0.318. The van der Waals surface area contributed by atoms with Gasteiger partial charge >= 0.3 is 0 Å². The maximum atomic E-state index is 9.85. The summed E-state index contributed by atoms with van der Waals surface area (Å²) in [5.74, 6) is 0. The van der Waals surface area contributed by atoms with Crippen LogP contribution in [0.4, 0.5) is 0 Å². The van der Waals surface area contributed by atoms with E-state index in [4.69, 9.17) is 0 Å². The number of nitrogens with one attached hydrogen (secondary N) is 1. The lowest BCUT2D eigenvalue weighted by molar-refractivity contribution is 0.122. The lowest BCUT2D eigenvalue weighted by Crippen LogP contribution is -2.39. The smallest absolute Gasteiger partial charge is 0.0791 e. The molecule has 1 rings (SSSR count). The predicted molar refractivity (Wildman–Crippen MR) is 74.6 cm³/mol. The highest BCUT2D eigenvalue weighted by atomic mass is 16.3. The Hall–Kier alpha value is -0.970. The standard InChI is InChI=1S/C14H25N3O/c1-12(2)16-10-14(18)11-17(3)9-7-13-6-4-5-8-15-13/h4-6,8,12,14,16,18H,7,9-11H2,1-3H3. The van der Waals surface area contributed by atoms with Crippen LogP contribution in [0.25, 0.3) is 0 Å². The maximum Gasteiger partial charge on any atom is 0.0791 e. The molecule has 4 heteroatoms. The minimum Gasteiger partial charge on any atom is -0.390 e. The van der Waals surface area contributed by atoms with E-state index in [0.29, 0.717) is 19.1 Å². The van der Waals surface area contributed by atoms with Crippen LogP contribution >= 0.6 is 0 Å². The van der Waals surface area contributed by atoms with Crippen molar-refractivity contribution >= 4 is 0 Å². The molecule has 2 N–H and O–H groups in total. The van der Waals surface area contributed by atoms with Gasteiger partial charge in [-0.1, -0.05) is 19.9 Å². The second kappa shape index (κ2) is 8.19. The van der Waals surface area contributed by atoms with Crippen molar-refractivity contribution in [1.82, 2.24) is 15.2 Å². The molecule has 4 nitrogen and oxygen atoms in total. The van der Waals surface area contributed by atoms with Gasteiger partial charge in [-0.05, 0) is 19.2 Å². The van der Waals surface area contributed by atoms with Crippen molar-refractivity contribution in [3.05, 3.63) is 30.1 Å². The zero-order chi connectivity index (χ0) is 13.4. The fourth-order valence-electron chi connectivity index (χ4n) is 1.74. The van der Waals surface area contributed by atoms with Gasteiger partial charge in [-0.2, -0.15) is 0 Å². The molecule has 18 heavy (non-hydrogen) atoms. The van der Waals surface area contributed by atoms with Gasteiger partial charge < -0.3 is 15.3 Å². The molecule has 1 heterocycles. The van der Waals surface area contributed by atoms with Crippen LogP contribution in [-0.4, -0.2) is 53.8 Å². The average Bonchev–Trinajstić information content (AvgIpc) is 2.35. The molecule has 1 aromatic rings. The van der Waals surface area contributed by atoms with Crippen LogP contribution in [0.3, 0.4) is 0 Å². The highest BCUT2D eigenvalue weighted by Crippen LogP contribution is 1.97. The summed E-state index contributed by atoms with van der Waals surface area (Å²) in [5, 5.41) is 13.1. The van der Waals surface area contributed by atoms with Crippen molar-refractivity contribution in [2.75, 3.05) is 26.7 Å². The molecule has 0 spiro atoms. The number of aliphatic hydroxyl groups is 1. The Kier molecular flexibility index (Phi) is 6.86. The van der Waals surface area contributed by atoms with Crippen LogP contribution < -0.4 is 5.32 Å². The molecule has 0 saturated carbocycles.